The van der Waals surface area contributed by atoms with Crippen molar-refractivity contribution < 1.29 is 8.78 Å². The standard InChI is InChI=1S/C21H22F2N2S/c1-13(2)15-5-7-16(8-6-15)25-26-17-9-10-20-18(12-17)19(21(4,22)23)11-14(3)24-20/h5-13,24-25H,3H2,1-2,4H3. The van der Waals surface area contributed by atoms with Crippen LogP contribution >= 0.6 is 11.9 Å². The van der Waals surface area contributed by atoms with Gasteiger partial charge in [-0.1, -0.05) is 32.6 Å². The number of fused-ring (bicyclic) bond motifs is 1. The molecule has 1 heterocycles. The fourth-order valence-electron chi connectivity index (χ4n) is 2.80. The Morgan fingerprint density at radius 3 is 2.42 bits per heavy atom. The van der Waals surface area contributed by atoms with Crippen LogP contribution < -0.4 is 10.0 Å². The molecule has 26 heavy (non-hydrogen) atoms. The normalized spacial score (nSPS) is 13.9. The monoisotopic (exact) mass is 372 g/mol. The van der Waals surface area contributed by atoms with E-state index in [2.05, 4.69) is 42.6 Å². The van der Waals surface area contributed by atoms with Crippen LogP contribution in [-0.4, -0.2) is 5.92 Å². The molecule has 2 aromatic rings. The fraction of sp³-hybridized carbons (Fsp3) is 0.238. The number of alkyl halides is 2. The number of halogens is 2. The number of nitrogens with one attached hydrogen (secondary N) is 2. The summed E-state index contributed by atoms with van der Waals surface area (Å²) >= 11 is 1.40. The molecule has 136 valence electrons. The first-order valence-electron chi connectivity index (χ1n) is 8.47. The largest absolute Gasteiger partial charge is 0.355 e. The van der Waals surface area contributed by atoms with Crippen molar-refractivity contribution in [3.8, 4) is 0 Å². The quantitative estimate of drug-likeness (QED) is 0.558. The molecular weight excluding hydrogens is 350 g/mol. The van der Waals surface area contributed by atoms with Crippen LogP contribution in [0.4, 0.5) is 20.2 Å². The Kier molecular flexibility index (Phi) is 5.10. The van der Waals surface area contributed by atoms with Gasteiger partial charge in [0.05, 0.1) is 0 Å². The molecule has 0 aromatic heterocycles. The summed E-state index contributed by atoms with van der Waals surface area (Å²) in [5.41, 5.74) is 3.87. The zero-order chi connectivity index (χ0) is 18.9. The molecule has 0 radical (unpaired) electrons. The first kappa shape index (κ1) is 18.5. The maximum Gasteiger partial charge on any atom is 0.271 e. The second kappa shape index (κ2) is 7.16. The minimum absolute atomic E-state index is 0.0139. The SMILES string of the molecule is C=C1C=C(C(C)(F)F)c2cc(SNc3ccc(C(C)C)cc3)ccc2N1. The highest BCUT2D eigenvalue weighted by Crippen LogP contribution is 2.41. The molecule has 1 aliphatic heterocycles. The van der Waals surface area contributed by atoms with Crippen LogP contribution in [-0.2, 0) is 0 Å². The molecule has 0 bridgehead atoms. The first-order valence-corrected chi connectivity index (χ1v) is 9.29. The lowest BCUT2D eigenvalue weighted by Crippen LogP contribution is -2.18. The van der Waals surface area contributed by atoms with E-state index in [1.807, 2.05) is 24.3 Å². The number of anilines is 2. The van der Waals surface area contributed by atoms with Crippen molar-refractivity contribution in [1.82, 2.24) is 0 Å². The van der Waals surface area contributed by atoms with Crippen molar-refractivity contribution >= 4 is 28.9 Å². The van der Waals surface area contributed by atoms with Crippen molar-refractivity contribution in [2.75, 3.05) is 10.0 Å². The van der Waals surface area contributed by atoms with Crippen LogP contribution in [0.2, 0.25) is 0 Å². The number of benzene rings is 2. The maximum atomic E-state index is 14.0. The summed E-state index contributed by atoms with van der Waals surface area (Å²) in [6.07, 6.45) is 1.41. The van der Waals surface area contributed by atoms with Gasteiger partial charge in [-0.2, -0.15) is 0 Å². The summed E-state index contributed by atoms with van der Waals surface area (Å²) in [5, 5.41) is 3.05. The predicted molar refractivity (Wildman–Crippen MR) is 108 cm³/mol. The van der Waals surface area contributed by atoms with Crippen molar-refractivity contribution in [2.45, 2.75) is 37.5 Å². The van der Waals surface area contributed by atoms with Gasteiger partial charge in [-0.3, -0.25) is 0 Å². The number of hydrogen-bond acceptors (Lipinski definition) is 3. The predicted octanol–water partition coefficient (Wildman–Crippen LogP) is 6.91. The van der Waals surface area contributed by atoms with Gasteiger partial charge in [0.25, 0.3) is 5.92 Å². The van der Waals surface area contributed by atoms with Crippen molar-refractivity contribution in [2.24, 2.45) is 0 Å². The van der Waals surface area contributed by atoms with Crippen LogP contribution in [0, 0.1) is 0 Å². The summed E-state index contributed by atoms with van der Waals surface area (Å²) in [6.45, 7) is 8.98. The number of rotatable bonds is 5. The van der Waals surface area contributed by atoms with Crippen LogP contribution in [0.1, 0.15) is 37.8 Å². The van der Waals surface area contributed by atoms with Gasteiger partial charge in [0.2, 0.25) is 0 Å². The Balaban J connectivity index is 1.79. The van der Waals surface area contributed by atoms with Gasteiger partial charge in [-0.15, -0.1) is 0 Å². The van der Waals surface area contributed by atoms with Gasteiger partial charge in [0.15, 0.2) is 0 Å². The lowest BCUT2D eigenvalue weighted by Gasteiger charge is -2.25. The van der Waals surface area contributed by atoms with Crippen molar-refractivity contribution in [3.05, 3.63) is 71.9 Å². The fourth-order valence-corrected chi connectivity index (χ4v) is 3.48. The molecule has 2 nitrogen and oxygen atoms in total. The van der Waals surface area contributed by atoms with E-state index in [1.54, 1.807) is 6.07 Å². The van der Waals surface area contributed by atoms with Crippen molar-refractivity contribution in [3.63, 3.8) is 0 Å². The maximum absolute atomic E-state index is 14.0. The molecule has 2 aromatic carbocycles. The third kappa shape index (κ3) is 4.10. The second-order valence-electron chi connectivity index (χ2n) is 6.78. The average molecular weight is 372 g/mol. The topological polar surface area (TPSA) is 24.1 Å². The highest BCUT2D eigenvalue weighted by Gasteiger charge is 2.32. The third-order valence-corrected chi connectivity index (χ3v) is 5.06. The molecule has 0 unspecified atom stereocenters. The van der Waals surface area contributed by atoms with E-state index in [1.165, 1.54) is 23.6 Å². The second-order valence-corrected chi connectivity index (χ2v) is 7.66. The highest BCUT2D eigenvalue weighted by atomic mass is 32.2. The number of hydrogen-bond donors (Lipinski definition) is 2. The van der Waals surface area contributed by atoms with E-state index in [0.29, 0.717) is 22.9 Å². The molecule has 0 atom stereocenters. The Hall–Kier alpha value is -2.27. The molecular formula is C21H22F2N2S. The van der Waals surface area contributed by atoms with E-state index in [9.17, 15) is 8.78 Å². The zero-order valence-corrected chi connectivity index (χ0v) is 15.9. The minimum Gasteiger partial charge on any atom is -0.355 e. The molecule has 0 fully saturated rings. The summed E-state index contributed by atoms with van der Waals surface area (Å²) in [5.74, 6) is -2.44. The minimum atomic E-state index is -2.93. The van der Waals surface area contributed by atoms with E-state index in [4.69, 9.17) is 0 Å². The van der Waals surface area contributed by atoms with Gasteiger partial charge in [-0.05, 0) is 59.8 Å². The van der Waals surface area contributed by atoms with Gasteiger partial charge >= 0.3 is 0 Å². The lowest BCUT2D eigenvalue weighted by atomic mass is 9.95. The third-order valence-electron chi connectivity index (χ3n) is 4.23. The van der Waals surface area contributed by atoms with E-state index >= 15 is 0 Å². The van der Waals surface area contributed by atoms with E-state index in [0.717, 1.165) is 17.5 Å². The van der Waals surface area contributed by atoms with E-state index < -0.39 is 5.92 Å². The van der Waals surface area contributed by atoms with Crippen molar-refractivity contribution in [1.29, 1.82) is 0 Å². The summed E-state index contributed by atoms with van der Waals surface area (Å²) in [6, 6.07) is 13.7. The molecule has 1 aliphatic rings. The van der Waals surface area contributed by atoms with Crippen LogP contribution in [0.25, 0.3) is 5.57 Å². The highest BCUT2D eigenvalue weighted by molar-refractivity contribution is 8.00. The molecule has 2 N–H and O–H groups in total. The smallest absolute Gasteiger partial charge is 0.271 e. The van der Waals surface area contributed by atoms with Gasteiger partial charge in [0, 0.05) is 40.0 Å². The average Bonchev–Trinajstić information content (AvgIpc) is 2.58. The number of allylic oxidation sites excluding steroid dienone is 2. The molecule has 3 rings (SSSR count). The first-order chi connectivity index (χ1) is 12.2. The lowest BCUT2D eigenvalue weighted by molar-refractivity contribution is 0.0891. The van der Waals surface area contributed by atoms with Gasteiger partial charge in [0.1, 0.15) is 0 Å². The van der Waals surface area contributed by atoms with Crippen LogP contribution in [0.3, 0.4) is 0 Å². The Labute approximate surface area is 157 Å². The van der Waals surface area contributed by atoms with Gasteiger partial charge in [-0.25, -0.2) is 8.78 Å². The molecule has 0 saturated heterocycles. The molecule has 0 amide bonds. The summed E-state index contributed by atoms with van der Waals surface area (Å²) < 4.78 is 31.2. The van der Waals surface area contributed by atoms with Crippen LogP contribution in [0.5, 0.6) is 0 Å². The van der Waals surface area contributed by atoms with Crippen LogP contribution in [0.15, 0.2) is 65.7 Å². The molecule has 5 heteroatoms. The van der Waals surface area contributed by atoms with Gasteiger partial charge < -0.3 is 10.0 Å². The molecule has 0 spiro atoms. The zero-order valence-electron chi connectivity index (χ0n) is 15.1. The summed E-state index contributed by atoms with van der Waals surface area (Å²) in [7, 11) is 0. The van der Waals surface area contributed by atoms with E-state index in [-0.39, 0.29) is 5.57 Å². The Morgan fingerprint density at radius 2 is 1.81 bits per heavy atom. The molecule has 0 saturated carbocycles. The Morgan fingerprint density at radius 1 is 1.12 bits per heavy atom. The molecule has 0 aliphatic carbocycles. The summed E-state index contributed by atoms with van der Waals surface area (Å²) in [4.78, 5) is 0.862. The Bertz CT molecular complexity index is 849.